The molecule has 0 fully saturated rings. The molecule has 0 bridgehead atoms. The molecule has 0 atom stereocenters. The maximum absolute atomic E-state index is 13.4. The Bertz CT molecular complexity index is 1080. The maximum atomic E-state index is 13.4. The van der Waals surface area contributed by atoms with E-state index < -0.39 is 0 Å². The topological polar surface area (TPSA) is 34.4 Å². The molecule has 2 aromatic carbocycles. The molecule has 3 rings (SSSR count). The van der Waals surface area contributed by atoms with Crippen LogP contribution in [0.1, 0.15) is 61.8 Å². The summed E-state index contributed by atoms with van der Waals surface area (Å²) < 4.78 is 15.5. The highest BCUT2D eigenvalue weighted by atomic mass is 32.1. The molecule has 5 heteroatoms. The minimum atomic E-state index is -0.257. The van der Waals surface area contributed by atoms with Gasteiger partial charge in [0.1, 0.15) is 5.82 Å². The van der Waals surface area contributed by atoms with Gasteiger partial charge >= 0.3 is 0 Å². The molecule has 0 aliphatic rings. The van der Waals surface area contributed by atoms with E-state index in [4.69, 9.17) is 0 Å². The van der Waals surface area contributed by atoms with Crippen molar-refractivity contribution in [1.29, 1.82) is 0 Å². The van der Waals surface area contributed by atoms with Gasteiger partial charge in [-0.1, -0.05) is 46.2 Å². The molecule has 0 saturated carbocycles. The highest BCUT2D eigenvalue weighted by molar-refractivity contribution is 7.09. The van der Waals surface area contributed by atoms with E-state index in [1.807, 2.05) is 31.2 Å². The van der Waals surface area contributed by atoms with Gasteiger partial charge in [0, 0.05) is 17.0 Å². The van der Waals surface area contributed by atoms with Crippen molar-refractivity contribution in [1.82, 2.24) is 4.57 Å². The fraction of sp³-hybridized carbons (Fsp3) is 0.360. The Kier molecular flexibility index (Phi) is 6.71. The van der Waals surface area contributed by atoms with Gasteiger partial charge in [-0.25, -0.2) is 4.39 Å². The minimum absolute atomic E-state index is 0.0385. The summed E-state index contributed by atoms with van der Waals surface area (Å²) in [5.74, 6) is -0.500. The number of halogens is 1. The lowest BCUT2D eigenvalue weighted by atomic mass is 9.87. The highest BCUT2D eigenvalue weighted by Crippen LogP contribution is 2.28. The zero-order valence-corrected chi connectivity index (χ0v) is 19.1. The van der Waals surface area contributed by atoms with Gasteiger partial charge in [0.25, 0.3) is 5.91 Å². The normalized spacial score (nSPS) is 12.4. The molecule has 1 heterocycles. The third-order valence-electron chi connectivity index (χ3n) is 5.09. The largest absolute Gasteiger partial charge is 0.316 e. The lowest BCUT2D eigenvalue weighted by Gasteiger charge is -2.18. The number of hydrogen-bond acceptors (Lipinski definition) is 2. The number of rotatable bonds is 5. The number of thiazole rings is 1. The Labute approximate surface area is 181 Å². The summed E-state index contributed by atoms with van der Waals surface area (Å²) in [7, 11) is 0. The number of carbonyl (C=O) groups is 1. The summed E-state index contributed by atoms with van der Waals surface area (Å²) >= 11 is 1.55. The van der Waals surface area contributed by atoms with E-state index in [0.29, 0.717) is 16.9 Å². The molecular weight excluding hydrogens is 395 g/mol. The second-order valence-corrected chi connectivity index (χ2v) is 9.46. The predicted molar refractivity (Wildman–Crippen MR) is 122 cm³/mol. The Hall–Kier alpha value is -2.53. The second kappa shape index (κ2) is 9.09. The van der Waals surface area contributed by atoms with Crippen molar-refractivity contribution >= 4 is 17.2 Å². The number of carbonyl (C=O) groups excluding carboxylic acids is 1. The van der Waals surface area contributed by atoms with Crippen LogP contribution in [0.25, 0.3) is 11.3 Å². The molecule has 0 aliphatic heterocycles. The molecule has 0 radical (unpaired) electrons. The molecule has 3 nitrogen and oxygen atoms in total. The molecule has 0 saturated heterocycles. The monoisotopic (exact) mass is 424 g/mol. The Morgan fingerprint density at radius 3 is 2.20 bits per heavy atom. The van der Waals surface area contributed by atoms with E-state index in [1.54, 1.807) is 23.5 Å². The summed E-state index contributed by atoms with van der Waals surface area (Å²) in [6, 6.07) is 14.2. The van der Waals surface area contributed by atoms with Crippen LogP contribution in [-0.4, -0.2) is 10.5 Å². The zero-order valence-electron chi connectivity index (χ0n) is 18.3. The molecular formula is C25H29FN2OS. The van der Waals surface area contributed by atoms with Gasteiger partial charge in [0.15, 0.2) is 4.80 Å². The van der Waals surface area contributed by atoms with Crippen molar-refractivity contribution in [2.24, 2.45) is 4.99 Å². The van der Waals surface area contributed by atoms with Gasteiger partial charge in [0.05, 0.1) is 5.69 Å². The summed E-state index contributed by atoms with van der Waals surface area (Å²) in [5.41, 5.74) is 3.78. The maximum Gasteiger partial charge on any atom is 0.279 e. The molecule has 1 aromatic heterocycles. The predicted octanol–water partition coefficient (Wildman–Crippen LogP) is 6.37. The van der Waals surface area contributed by atoms with E-state index in [1.165, 1.54) is 22.6 Å². The van der Waals surface area contributed by atoms with Crippen molar-refractivity contribution in [2.45, 2.75) is 59.4 Å². The third-order valence-corrected chi connectivity index (χ3v) is 6.22. The number of benzene rings is 2. The average molecular weight is 425 g/mol. The van der Waals surface area contributed by atoms with Crippen LogP contribution < -0.4 is 4.80 Å². The molecule has 30 heavy (non-hydrogen) atoms. The van der Waals surface area contributed by atoms with Gasteiger partial charge in [0.2, 0.25) is 0 Å². The number of hydrogen-bond donors (Lipinski definition) is 0. The van der Waals surface area contributed by atoms with Gasteiger partial charge < -0.3 is 4.57 Å². The molecule has 0 unspecified atom stereocenters. The van der Waals surface area contributed by atoms with Crippen molar-refractivity contribution in [2.75, 3.05) is 0 Å². The van der Waals surface area contributed by atoms with Crippen LogP contribution >= 0.6 is 11.3 Å². The van der Waals surface area contributed by atoms with Crippen molar-refractivity contribution in [3.63, 3.8) is 0 Å². The molecule has 3 aromatic rings. The number of nitrogens with zero attached hydrogens (tertiary/aromatic N) is 2. The number of aryl methyl sites for hydroxylation is 1. The lowest BCUT2D eigenvalue weighted by molar-refractivity contribution is 0.0997. The van der Waals surface area contributed by atoms with Crippen molar-refractivity contribution in [3.05, 3.63) is 75.2 Å². The van der Waals surface area contributed by atoms with Gasteiger partial charge in [-0.15, -0.1) is 11.3 Å². The smallest absolute Gasteiger partial charge is 0.279 e. The SMILES string of the molecule is CCCc1sc(=NC(=O)c2ccc(C(C)(C)C)cc2)n(CC)c1-c1ccc(F)cc1. The number of amides is 1. The lowest BCUT2D eigenvalue weighted by Crippen LogP contribution is -2.17. The standard InChI is InChI=1S/C25H29FN2OS/c1-6-8-21-22(17-11-15-20(26)16-12-17)28(7-2)24(30-21)27-23(29)18-9-13-19(14-10-18)25(3,4)5/h9-16H,6-8H2,1-5H3. The first kappa shape index (κ1) is 22.2. The van der Waals surface area contributed by atoms with Crippen LogP contribution in [0.2, 0.25) is 0 Å². The van der Waals surface area contributed by atoms with Crippen LogP contribution in [0.4, 0.5) is 4.39 Å². The van der Waals surface area contributed by atoms with E-state index in [-0.39, 0.29) is 17.1 Å². The Balaban J connectivity index is 2.06. The Morgan fingerprint density at radius 2 is 1.67 bits per heavy atom. The average Bonchev–Trinajstić information content (AvgIpc) is 3.05. The first-order chi connectivity index (χ1) is 14.2. The fourth-order valence-corrected chi connectivity index (χ4v) is 4.73. The molecule has 0 aliphatic carbocycles. The van der Waals surface area contributed by atoms with Crippen molar-refractivity contribution in [3.8, 4) is 11.3 Å². The van der Waals surface area contributed by atoms with Crippen LogP contribution in [-0.2, 0) is 18.4 Å². The van der Waals surface area contributed by atoms with E-state index in [9.17, 15) is 9.18 Å². The van der Waals surface area contributed by atoms with Crippen LogP contribution in [0.15, 0.2) is 53.5 Å². The quantitative estimate of drug-likeness (QED) is 0.469. The van der Waals surface area contributed by atoms with Gasteiger partial charge in [-0.2, -0.15) is 4.99 Å². The number of aromatic nitrogens is 1. The first-order valence-electron chi connectivity index (χ1n) is 10.4. The van der Waals surface area contributed by atoms with E-state index >= 15 is 0 Å². The van der Waals surface area contributed by atoms with Crippen LogP contribution in [0.5, 0.6) is 0 Å². The van der Waals surface area contributed by atoms with Gasteiger partial charge in [-0.05, 0) is 66.3 Å². The summed E-state index contributed by atoms with van der Waals surface area (Å²) in [5, 5.41) is 0. The summed E-state index contributed by atoms with van der Waals surface area (Å²) in [6.45, 7) is 11.3. The Morgan fingerprint density at radius 1 is 1.03 bits per heavy atom. The van der Waals surface area contributed by atoms with Gasteiger partial charge in [-0.3, -0.25) is 4.79 Å². The second-order valence-electron chi connectivity index (χ2n) is 8.40. The minimum Gasteiger partial charge on any atom is -0.316 e. The first-order valence-corrected chi connectivity index (χ1v) is 11.2. The molecule has 1 amide bonds. The van der Waals surface area contributed by atoms with Crippen LogP contribution in [0, 0.1) is 5.82 Å². The van der Waals surface area contributed by atoms with Crippen molar-refractivity contribution < 1.29 is 9.18 Å². The fourth-order valence-electron chi connectivity index (χ4n) is 3.42. The van der Waals surface area contributed by atoms with Crippen LogP contribution in [0.3, 0.4) is 0 Å². The van der Waals surface area contributed by atoms with E-state index in [0.717, 1.165) is 24.1 Å². The highest BCUT2D eigenvalue weighted by Gasteiger charge is 2.17. The third kappa shape index (κ3) is 4.78. The molecule has 158 valence electrons. The molecule has 0 spiro atoms. The summed E-state index contributed by atoms with van der Waals surface area (Å²) in [4.78, 5) is 19.2. The summed E-state index contributed by atoms with van der Waals surface area (Å²) in [6.07, 6.45) is 1.88. The zero-order chi connectivity index (χ0) is 21.9. The molecule has 0 N–H and O–H groups in total. The van der Waals surface area contributed by atoms with E-state index in [2.05, 4.69) is 37.3 Å².